The van der Waals surface area contributed by atoms with Crippen molar-refractivity contribution < 1.29 is 28.6 Å². The normalized spacial score (nSPS) is 28.4. The van der Waals surface area contributed by atoms with Gasteiger partial charge in [-0.1, -0.05) is 19.3 Å². The summed E-state index contributed by atoms with van der Waals surface area (Å²) >= 11 is 1.55. The molecule has 0 spiro atoms. The highest BCUT2D eigenvalue weighted by molar-refractivity contribution is 8.01. The maximum absolute atomic E-state index is 12.8. The monoisotopic (exact) mass is 441 g/mol. The number of likely N-dealkylation sites (tertiary alicyclic amines) is 1. The molecule has 0 aliphatic carbocycles. The van der Waals surface area contributed by atoms with E-state index in [1.54, 1.807) is 23.6 Å². The highest BCUT2D eigenvalue weighted by Crippen LogP contribution is 2.51. The SMILES string of the molecule is CCOC(=O)OCOC(=O)[C@@H]1N2C(=O)[C@@H](/N=C/N3CCCCCCC3)[C@H]2SC1(C)C. The van der Waals surface area contributed by atoms with E-state index in [4.69, 9.17) is 9.47 Å². The van der Waals surface area contributed by atoms with Gasteiger partial charge in [-0.3, -0.25) is 9.79 Å². The maximum atomic E-state index is 12.8. The van der Waals surface area contributed by atoms with Gasteiger partial charge >= 0.3 is 12.1 Å². The van der Waals surface area contributed by atoms with E-state index < -0.39 is 35.7 Å². The van der Waals surface area contributed by atoms with Crippen LogP contribution in [0.1, 0.15) is 52.9 Å². The quantitative estimate of drug-likeness (QED) is 0.204. The molecule has 30 heavy (non-hydrogen) atoms. The number of nitrogens with zero attached hydrogens (tertiary/aromatic N) is 3. The molecule has 0 aromatic carbocycles. The number of β-lactam (4-membered cyclic amide) rings is 1. The molecule has 3 fully saturated rings. The topological polar surface area (TPSA) is 97.7 Å². The molecule has 0 N–H and O–H groups in total. The summed E-state index contributed by atoms with van der Waals surface area (Å²) in [4.78, 5) is 44.9. The van der Waals surface area contributed by atoms with Crippen molar-refractivity contribution in [1.82, 2.24) is 9.80 Å². The first-order valence-corrected chi connectivity index (χ1v) is 11.5. The molecule has 0 saturated carbocycles. The lowest BCUT2D eigenvalue weighted by Gasteiger charge is -2.42. The average Bonchev–Trinajstić information content (AvgIpc) is 2.91. The standard InChI is InChI=1S/C20H31N3O6S/c1-4-27-19(26)29-13-28-18(25)15-20(2,3)30-17-14(16(24)23(15)17)21-12-22-10-8-6-5-7-9-11-22/h12,14-15,17H,4-11,13H2,1-3H3/b21-12+/t14-,15+,17-/m1/s1. The van der Waals surface area contributed by atoms with Gasteiger partial charge in [-0.05, 0) is 33.6 Å². The van der Waals surface area contributed by atoms with E-state index in [0.717, 1.165) is 25.9 Å². The van der Waals surface area contributed by atoms with E-state index in [2.05, 4.69) is 14.6 Å². The van der Waals surface area contributed by atoms with Crippen molar-refractivity contribution in [2.75, 3.05) is 26.5 Å². The first-order valence-electron chi connectivity index (χ1n) is 10.6. The molecule has 1 amide bonds. The van der Waals surface area contributed by atoms with E-state index >= 15 is 0 Å². The van der Waals surface area contributed by atoms with Crippen LogP contribution in [0.15, 0.2) is 4.99 Å². The molecule has 0 unspecified atom stereocenters. The van der Waals surface area contributed by atoms with Gasteiger partial charge < -0.3 is 24.0 Å². The van der Waals surface area contributed by atoms with Gasteiger partial charge in [0.15, 0.2) is 6.04 Å². The van der Waals surface area contributed by atoms with Gasteiger partial charge in [0.2, 0.25) is 6.79 Å². The summed E-state index contributed by atoms with van der Waals surface area (Å²) in [6, 6.07) is -1.23. The zero-order valence-corrected chi connectivity index (χ0v) is 18.7. The number of ether oxygens (including phenoxy) is 3. The number of rotatable bonds is 6. The zero-order chi connectivity index (χ0) is 21.7. The molecule has 3 atom stereocenters. The third-order valence-corrected chi connectivity index (χ3v) is 7.11. The van der Waals surface area contributed by atoms with Crippen molar-refractivity contribution in [3.8, 4) is 0 Å². The molecule has 9 nitrogen and oxygen atoms in total. The summed E-state index contributed by atoms with van der Waals surface area (Å²) in [5, 5.41) is -0.193. The van der Waals surface area contributed by atoms with Crippen LogP contribution in [0.3, 0.4) is 0 Å². The summed E-state index contributed by atoms with van der Waals surface area (Å²) < 4.78 is 13.9. The Morgan fingerprint density at radius 3 is 2.47 bits per heavy atom. The van der Waals surface area contributed by atoms with E-state index in [9.17, 15) is 14.4 Å². The smallest absolute Gasteiger partial charge is 0.435 e. The van der Waals surface area contributed by atoms with Gasteiger partial charge in [0.1, 0.15) is 11.4 Å². The number of carbonyl (C=O) groups excluding carboxylic acids is 3. The van der Waals surface area contributed by atoms with Crippen molar-refractivity contribution in [3.05, 3.63) is 0 Å². The summed E-state index contributed by atoms with van der Waals surface area (Å²) in [7, 11) is 0. The Bertz CT molecular complexity index is 677. The van der Waals surface area contributed by atoms with Crippen LogP contribution in [-0.2, 0) is 23.8 Å². The minimum atomic E-state index is -0.901. The third-order valence-electron chi connectivity index (χ3n) is 5.56. The van der Waals surface area contributed by atoms with E-state index in [0.29, 0.717) is 0 Å². The number of amides is 1. The first kappa shape index (κ1) is 22.7. The Labute approximate surface area is 181 Å². The number of fused-ring (bicyclic) bond motifs is 1. The van der Waals surface area contributed by atoms with Gasteiger partial charge in [0.05, 0.1) is 12.9 Å². The average molecular weight is 442 g/mol. The fraction of sp³-hybridized carbons (Fsp3) is 0.800. The van der Waals surface area contributed by atoms with Crippen molar-refractivity contribution in [2.45, 2.75) is 75.1 Å². The molecule has 168 valence electrons. The van der Waals surface area contributed by atoms with Crippen LogP contribution in [0.4, 0.5) is 4.79 Å². The van der Waals surface area contributed by atoms with Crippen LogP contribution in [0.5, 0.6) is 0 Å². The van der Waals surface area contributed by atoms with Gasteiger partial charge in [-0.25, -0.2) is 9.59 Å². The summed E-state index contributed by atoms with van der Waals surface area (Å²) in [6.07, 6.45) is 6.96. The molecule has 0 aromatic rings. The van der Waals surface area contributed by atoms with Crippen molar-refractivity contribution in [2.24, 2.45) is 4.99 Å². The largest absolute Gasteiger partial charge is 0.511 e. The number of hydrogen-bond donors (Lipinski definition) is 0. The number of aliphatic imine (C=N–C) groups is 1. The molecular formula is C20H31N3O6S. The maximum Gasteiger partial charge on any atom is 0.511 e. The molecular weight excluding hydrogens is 410 g/mol. The lowest BCUT2D eigenvalue weighted by atomic mass is 9.96. The Balaban J connectivity index is 1.57. The predicted octanol–water partition coefficient (Wildman–Crippen LogP) is 2.39. The van der Waals surface area contributed by atoms with Gasteiger partial charge in [0.25, 0.3) is 5.91 Å². The highest BCUT2D eigenvalue weighted by atomic mass is 32.2. The fourth-order valence-electron chi connectivity index (χ4n) is 4.04. The van der Waals surface area contributed by atoms with Crippen LogP contribution in [-0.4, -0.2) is 82.9 Å². The predicted molar refractivity (Wildman–Crippen MR) is 112 cm³/mol. The van der Waals surface area contributed by atoms with Crippen LogP contribution in [0.25, 0.3) is 0 Å². The lowest BCUT2D eigenvalue weighted by Crippen LogP contribution is -2.65. The minimum Gasteiger partial charge on any atom is -0.435 e. The second kappa shape index (κ2) is 9.89. The molecule has 3 heterocycles. The minimum absolute atomic E-state index is 0.169. The molecule has 0 aromatic heterocycles. The second-order valence-electron chi connectivity index (χ2n) is 8.18. The number of esters is 1. The Hall–Kier alpha value is -1.97. The van der Waals surface area contributed by atoms with Gasteiger partial charge in [-0.2, -0.15) is 0 Å². The lowest BCUT2D eigenvalue weighted by molar-refractivity contribution is -0.169. The van der Waals surface area contributed by atoms with Crippen LogP contribution in [0.2, 0.25) is 0 Å². The number of carbonyl (C=O) groups is 3. The Morgan fingerprint density at radius 1 is 1.13 bits per heavy atom. The van der Waals surface area contributed by atoms with Crippen LogP contribution in [0, 0.1) is 0 Å². The molecule has 3 aliphatic rings. The summed E-state index contributed by atoms with van der Waals surface area (Å²) in [6.45, 7) is 7.01. The van der Waals surface area contributed by atoms with Crippen molar-refractivity contribution in [1.29, 1.82) is 0 Å². The van der Waals surface area contributed by atoms with Gasteiger partial charge in [-0.15, -0.1) is 11.8 Å². The molecule has 3 aliphatic heterocycles. The van der Waals surface area contributed by atoms with Crippen LogP contribution < -0.4 is 0 Å². The Kier molecular flexibility index (Phi) is 7.49. The van der Waals surface area contributed by atoms with E-state index in [-0.39, 0.29) is 17.9 Å². The second-order valence-corrected chi connectivity index (χ2v) is 9.95. The van der Waals surface area contributed by atoms with Crippen molar-refractivity contribution >= 4 is 36.1 Å². The van der Waals surface area contributed by atoms with E-state index in [1.165, 1.54) is 19.3 Å². The molecule has 3 rings (SSSR count). The Morgan fingerprint density at radius 2 is 1.80 bits per heavy atom. The molecule has 3 saturated heterocycles. The number of thioether (sulfide) groups is 1. The summed E-state index contributed by atoms with van der Waals surface area (Å²) in [5.74, 6) is -0.770. The molecule has 0 bridgehead atoms. The van der Waals surface area contributed by atoms with Gasteiger partial charge in [0, 0.05) is 17.8 Å². The van der Waals surface area contributed by atoms with Crippen LogP contribution >= 0.6 is 11.8 Å². The third kappa shape index (κ3) is 5.01. The zero-order valence-electron chi connectivity index (χ0n) is 17.9. The molecule has 10 heteroatoms. The first-order chi connectivity index (χ1) is 14.3. The number of hydrogen-bond acceptors (Lipinski definition) is 8. The highest BCUT2D eigenvalue weighted by Gasteiger charge is 2.64. The van der Waals surface area contributed by atoms with E-state index in [1.807, 2.05) is 20.2 Å². The summed E-state index contributed by atoms with van der Waals surface area (Å²) in [5.41, 5.74) is 0. The van der Waals surface area contributed by atoms with Crippen molar-refractivity contribution in [3.63, 3.8) is 0 Å². The fourth-order valence-corrected chi connectivity index (χ4v) is 5.65. The molecule has 0 radical (unpaired) electrons.